The third kappa shape index (κ3) is 3.40. The molecule has 0 spiro atoms. The van der Waals surface area contributed by atoms with E-state index in [4.69, 9.17) is 0 Å². The molecule has 1 radical (unpaired) electrons. The highest BCUT2D eigenvalue weighted by Crippen LogP contribution is 2.13. The summed E-state index contributed by atoms with van der Waals surface area (Å²) in [6, 6.07) is 0. The first-order valence-corrected chi connectivity index (χ1v) is 4.18. The largest absolute Gasteiger partial charge is 0.351 e. The molecule has 1 amide bonds. The Morgan fingerprint density at radius 2 is 1.91 bits per heavy atom. The maximum absolute atomic E-state index is 11.0. The zero-order chi connectivity index (χ0) is 8.91. The summed E-state index contributed by atoms with van der Waals surface area (Å²) in [5.74, 6) is 0.0381. The van der Waals surface area contributed by atoms with Crippen molar-refractivity contribution in [2.45, 2.75) is 45.6 Å². The molecule has 0 rings (SSSR count). The van der Waals surface area contributed by atoms with Crippen LogP contribution in [-0.4, -0.2) is 11.4 Å². The monoisotopic (exact) mass is 156 g/mol. The van der Waals surface area contributed by atoms with E-state index in [2.05, 4.69) is 33.0 Å². The summed E-state index contributed by atoms with van der Waals surface area (Å²) in [6.45, 7) is 9.73. The maximum atomic E-state index is 11.0. The van der Waals surface area contributed by atoms with Crippen LogP contribution in [0.15, 0.2) is 0 Å². The van der Waals surface area contributed by atoms with Crippen molar-refractivity contribution in [3.8, 4) is 0 Å². The van der Waals surface area contributed by atoms with Crippen molar-refractivity contribution in [3.63, 3.8) is 0 Å². The van der Waals surface area contributed by atoms with Gasteiger partial charge < -0.3 is 5.32 Å². The van der Waals surface area contributed by atoms with E-state index in [0.717, 1.165) is 12.8 Å². The first-order valence-electron chi connectivity index (χ1n) is 4.18. The summed E-state index contributed by atoms with van der Waals surface area (Å²) in [5.41, 5.74) is -0.0330. The van der Waals surface area contributed by atoms with Gasteiger partial charge in [0.2, 0.25) is 5.91 Å². The molecule has 0 aromatic carbocycles. The lowest BCUT2D eigenvalue weighted by Crippen LogP contribution is -2.44. The number of carbonyl (C=O) groups is 1. The number of rotatable bonds is 4. The van der Waals surface area contributed by atoms with Crippen LogP contribution in [0.25, 0.3) is 0 Å². The molecule has 11 heavy (non-hydrogen) atoms. The lowest BCUT2D eigenvalue weighted by atomic mass is 9.95. The second-order valence-corrected chi connectivity index (χ2v) is 3.07. The van der Waals surface area contributed by atoms with E-state index in [-0.39, 0.29) is 11.4 Å². The minimum absolute atomic E-state index is 0.0330. The number of carbonyl (C=O) groups excluding carboxylic acids is 1. The molecule has 0 aliphatic carbocycles. The Morgan fingerprint density at radius 1 is 1.45 bits per heavy atom. The zero-order valence-corrected chi connectivity index (χ0v) is 7.74. The molecule has 65 valence electrons. The van der Waals surface area contributed by atoms with Gasteiger partial charge in [-0.15, -0.1) is 0 Å². The van der Waals surface area contributed by atoms with E-state index >= 15 is 0 Å². The standard InChI is InChI=1S/C9H18NO/c1-5-8(11)10-9(4,6-2)7-3/h1,5-7H2,2-4H3,(H,10,11). The van der Waals surface area contributed by atoms with Crippen LogP contribution in [0.4, 0.5) is 0 Å². The average Bonchev–Trinajstić information content (AvgIpc) is 2.04. The summed E-state index contributed by atoms with van der Waals surface area (Å²) < 4.78 is 0. The van der Waals surface area contributed by atoms with E-state index in [9.17, 15) is 4.79 Å². The molecule has 0 fully saturated rings. The van der Waals surface area contributed by atoms with Crippen molar-refractivity contribution in [2.24, 2.45) is 0 Å². The fourth-order valence-corrected chi connectivity index (χ4v) is 0.826. The Morgan fingerprint density at radius 3 is 2.18 bits per heavy atom. The first-order chi connectivity index (χ1) is 5.08. The van der Waals surface area contributed by atoms with Gasteiger partial charge in [0.25, 0.3) is 0 Å². The first kappa shape index (κ1) is 10.5. The van der Waals surface area contributed by atoms with Crippen molar-refractivity contribution >= 4 is 5.91 Å². The molecule has 2 heteroatoms. The molecule has 0 saturated heterocycles. The van der Waals surface area contributed by atoms with Gasteiger partial charge in [-0.05, 0) is 26.7 Å². The molecular formula is C9H18NO. The third-order valence-corrected chi connectivity index (χ3v) is 2.23. The van der Waals surface area contributed by atoms with Crippen molar-refractivity contribution in [1.29, 1.82) is 0 Å². The third-order valence-electron chi connectivity index (χ3n) is 2.23. The van der Waals surface area contributed by atoms with Crippen molar-refractivity contribution in [2.75, 3.05) is 0 Å². The Kier molecular flexibility index (Phi) is 4.16. The number of hydrogen-bond donors (Lipinski definition) is 1. The van der Waals surface area contributed by atoms with Crippen LogP contribution < -0.4 is 5.32 Å². The van der Waals surface area contributed by atoms with Gasteiger partial charge in [-0.1, -0.05) is 13.8 Å². The molecule has 2 nitrogen and oxygen atoms in total. The minimum atomic E-state index is -0.0330. The van der Waals surface area contributed by atoms with Crippen LogP contribution in [0, 0.1) is 6.92 Å². The van der Waals surface area contributed by atoms with Crippen molar-refractivity contribution < 1.29 is 4.79 Å². The van der Waals surface area contributed by atoms with Gasteiger partial charge in [-0.2, -0.15) is 0 Å². The smallest absolute Gasteiger partial charge is 0.220 e. The predicted molar refractivity (Wildman–Crippen MR) is 47.1 cm³/mol. The van der Waals surface area contributed by atoms with Crippen molar-refractivity contribution in [1.82, 2.24) is 5.32 Å². The van der Waals surface area contributed by atoms with Crippen LogP contribution in [0.3, 0.4) is 0 Å². The fraction of sp³-hybridized carbons (Fsp3) is 0.778. The molecule has 0 aromatic heterocycles. The molecule has 0 aliphatic rings. The summed E-state index contributed by atoms with van der Waals surface area (Å²) in [5, 5.41) is 2.94. The number of nitrogens with one attached hydrogen (secondary N) is 1. The molecular weight excluding hydrogens is 138 g/mol. The van der Waals surface area contributed by atoms with Gasteiger partial charge in [-0.3, -0.25) is 4.79 Å². The topological polar surface area (TPSA) is 29.1 Å². The van der Waals surface area contributed by atoms with E-state index in [1.165, 1.54) is 0 Å². The lowest BCUT2D eigenvalue weighted by Gasteiger charge is -2.27. The summed E-state index contributed by atoms with van der Waals surface area (Å²) in [7, 11) is 0. The normalized spacial score (nSPS) is 11.3. The fourth-order valence-electron chi connectivity index (χ4n) is 0.826. The van der Waals surface area contributed by atoms with Crippen LogP contribution in [0.1, 0.15) is 40.0 Å². The molecule has 1 N–H and O–H groups in total. The number of hydrogen-bond acceptors (Lipinski definition) is 1. The highest BCUT2D eigenvalue weighted by molar-refractivity contribution is 5.77. The Balaban J connectivity index is 3.96. The van der Waals surface area contributed by atoms with Gasteiger partial charge in [0.15, 0.2) is 0 Å². The summed E-state index contributed by atoms with van der Waals surface area (Å²) >= 11 is 0. The van der Waals surface area contributed by atoms with Gasteiger partial charge in [-0.25, -0.2) is 0 Å². The van der Waals surface area contributed by atoms with Crippen LogP contribution in [0.2, 0.25) is 0 Å². The summed E-state index contributed by atoms with van der Waals surface area (Å²) in [4.78, 5) is 11.0. The number of amides is 1. The Labute approximate surface area is 69.4 Å². The molecule has 0 aliphatic heterocycles. The predicted octanol–water partition coefficient (Wildman–Crippen LogP) is 1.91. The van der Waals surface area contributed by atoms with Gasteiger partial charge in [0.1, 0.15) is 0 Å². The Hall–Kier alpha value is -0.530. The molecule has 0 unspecified atom stereocenters. The molecule has 0 bridgehead atoms. The van der Waals surface area contributed by atoms with Crippen LogP contribution in [-0.2, 0) is 4.79 Å². The van der Waals surface area contributed by atoms with E-state index in [1.807, 2.05) is 0 Å². The van der Waals surface area contributed by atoms with E-state index in [1.54, 1.807) is 0 Å². The lowest BCUT2D eigenvalue weighted by molar-refractivity contribution is -0.122. The second-order valence-electron chi connectivity index (χ2n) is 3.07. The quantitative estimate of drug-likeness (QED) is 0.661. The van der Waals surface area contributed by atoms with Crippen LogP contribution >= 0.6 is 0 Å². The van der Waals surface area contributed by atoms with Gasteiger partial charge in [0, 0.05) is 12.0 Å². The molecule has 0 saturated carbocycles. The van der Waals surface area contributed by atoms with E-state index in [0.29, 0.717) is 6.42 Å². The summed E-state index contributed by atoms with van der Waals surface area (Å²) in [6.07, 6.45) is 2.26. The highest BCUT2D eigenvalue weighted by atomic mass is 16.1. The zero-order valence-electron chi connectivity index (χ0n) is 7.74. The molecule has 0 aromatic rings. The minimum Gasteiger partial charge on any atom is -0.351 e. The average molecular weight is 156 g/mol. The molecule has 0 heterocycles. The van der Waals surface area contributed by atoms with Gasteiger partial charge in [0.05, 0.1) is 0 Å². The molecule has 0 atom stereocenters. The van der Waals surface area contributed by atoms with Gasteiger partial charge >= 0.3 is 0 Å². The SMILES string of the molecule is [CH2]CC(=O)NC(C)(CC)CC. The highest BCUT2D eigenvalue weighted by Gasteiger charge is 2.20. The van der Waals surface area contributed by atoms with Crippen LogP contribution in [0.5, 0.6) is 0 Å². The van der Waals surface area contributed by atoms with Crippen molar-refractivity contribution in [3.05, 3.63) is 6.92 Å². The second kappa shape index (κ2) is 4.37. The van der Waals surface area contributed by atoms with E-state index < -0.39 is 0 Å². The maximum Gasteiger partial charge on any atom is 0.220 e. The Bertz CT molecular complexity index is 128.